The van der Waals surface area contributed by atoms with E-state index in [1.807, 2.05) is 0 Å². The lowest BCUT2D eigenvalue weighted by molar-refractivity contribution is -0.139. The van der Waals surface area contributed by atoms with Gasteiger partial charge in [-0.15, -0.1) is 0 Å². The molecule has 0 saturated carbocycles. The number of aliphatic carboxylic acids is 1. The Morgan fingerprint density at radius 2 is 1.88 bits per heavy atom. The average molecular weight is 350 g/mol. The number of carboxylic acid groups (broad SMARTS) is 1. The van der Waals surface area contributed by atoms with Crippen LogP contribution in [0.1, 0.15) is 47.6 Å². The maximum absolute atomic E-state index is 13.1. The summed E-state index contributed by atoms with van der Waals surface area (Å²) in [6.07, 6.45) is -3.99. The number of alkyl halides is 3. The largest absolute Gasteiger partial charge is 0.486 e. The topological polar surface area (TPSA) is 46.5 Å². The van der Waals surface area contributed by atoms with Gasteiger partial charge in [0.15, 0.2) is 0 Å². The summed E-state index contributed by atoms with van der Waals surface area (Å²) in [6, 6.07) is 10.8. The van der Waals surface area contributed by atoms with Gasteiger partial charge in [0.05, 0.1) is 11.5 Å². The molecule has 132 valence electrons. The minimum Gasteiger partial charge on any atom is -0.486 e. The average Bonchev–Trinajstić information content (AvgIpc) is 2.97. The third kappa shape index (κ3) is 3.48. The Bertz CT molecular complexity index is 781. The summed E-state index contributed by atoms with van der Waals surface area (Å²) in [5.74, 6) is -1.04. The van der Waals surface area contributed by atoms with Crippen LogP contribution in [0.15, 0.2) is 42.5 Å². The zero-order valence-corrected chi connectivity index (χ0v) is 13.5. The molecule has 0 spiro atoms. The van der Waals surface area contributed by atoms with Gasteiger partial charge in [-0.05, 0) is 54.7 Å². The second kappa shape index (κ2) is 6.43. The van der Waals surface area contributed by atoms with E-state index in [-0.39, 0.29) is 0 Å². The molecule has 2 atom stereocenters. The minimum absolute atomic E-state index is 0.302. The first-order chi connectivity index (χ1) is 11.8. The smallest absolute Gasteiger partial charge is 0.416 e. The van der Waals surface area contributed by atoms with Gasteiger partial charge in [0.1, 0.15) is 11.9 Å². The van der Waals surface area contributed by atoms with Crippen molar-refractivity contribution in [2.45, 2.75) is 38.0 Å². The van der Waals surface area contributed by atoms with E-state index in [4.69, 9.17) is 9.84 Å². The quantitative estimate of drug-likeness (QED) is 0.848. The number of hydrogen-bond donors (Lipinski definition) is 1. The number of hydrogen-bond acceptors (Lipinski definition) is 2. The molecule has 1 unspecified atom stereocenters. The third-order valence-electron chi connectivity index (χ3n) is 4.55. The fraction of sp³-hybridized carbons (Fsp3) is 0.316. The lowest BCUT2D eigenvalue weighted by Gasteiger charge is -2.17. The molecule has 0 aliphatic heterocycles. The molecule has 0 amide bonds. The molecule has 2 aromatic rings. The Labute approximate surface area is 143 Å². The molecule has 0 radical (unpaired) electrons. The Hall–Kier alpha value is -2.50. The van der Waals surface area contributed by atoms with Crippen LogP contribution in [0.3, 0.4) is 0 Å². The van der Waals surface area contributed by atoms with Gasteiger partial charge in [-0.25, -0.2) is 0 Å². The van der Waals surface area contributed by atoms with E-state index in [0.29, 0.717) is 35.3 Å². The number of fused-ring (bicyclic) bond motifs is 1. The second-order valence-corrected chi connectivity index (χ2v) is 6.15. The van der Waals surface area contributed by atoms with E-state index in [2.05, 4.69) is 0 Å². The zero-order valence-electron chi connectivity index (χ0n) is 13.5. The Morgan fingerprint density at radius 1 is 1.20 bits per heavy atom. The summed E-state index contributed by atoms with van der Waals surface area (Å²) in [4.78, 5) is 11.0. The lowest BCUT2D eigenvalue weighted by Crippen LogP contribution is -2.10. The monoisotopic (exact) mass is 350 g/mol. The molecule has 0 aromatic heterocycles. The van der Waals surface area contributed by atoms with Crippen LogP contribution in [-0.2, 0) is 17.4 Å². The maximum Gasteiger partial charge on any atom is 0.416 e. The van der Waals surface area contributed by atoms with E-state index in [1.165, 1.54) is 6.07 Å². The van der Waals surface area contributed by atoms with Crippen molar-refractivity contribution in [1.29, 1.82) is 0 Å². The van der Waals surface area contributed by atoms with Crippen molar-refractivity contribution in [3.8, 4) is 5.75 Å². The maximum atomic E-state index is 13.1. The van der Waals surface area contributed by atoms with Crippen LogP contribution in [0.2, 0.25) is 0 Å². The van der Waals surface area contributed by atoms with E-state index in [0.717, 1.165) is 6.07 Å². The van der Waals surface area contributed by atoms with Crippen LogP contribution in [0, 0.1) is 0 Å². The molecule has 1 aliphatic rings. The van der Waals surface area contributed by atoms with Gasteiger partial charge in [0.2, 0.25) is 0 Å². The molecular formula is C19H17F3O3. The second-order valence-electron chi connectivity index (χ2n) is 6.15. The van der Waals surface area contributed by atoms with Crippen molar-refractivity contribution in [2.24, 2.45) is 0 Å². The van der Waals surface area contributed by atoms with E-state index < -0.39 is 29.7 Å². The van der Waals surface area contributed by atoms with Crippen molar-refractivity contribution >= 4 is 5.97 Å². The number of benzene rings is 2. The summed E-state index contributed by atoms with van der Waals surface area (Å²) in [7, 11) is 0. The lowest BCUT2D eigenvalue weighted by atomic mass is 10.0. The number of rotatable bonds is 4. The number of carboxylic acids is 1. The van der Waals surface area contributed by atoms with Crippen LogP contribution in [0.4, 0.5) is 13.2 Å². The fourth-order valence-corrected chi connectivity index (χ4v) is 3.15. The Kier molecular flexibility index (Phi) is 4.45. The predicted octanol–water partition coefficient (Wildman–Crippen LogP) is 4.96. The van der Waals surface area contributed by atoms with E-state index in [9.17, 15) is 18.0 Å². The van der Waals surface area contributed by atoms with Crippen LogP contribution in [0.5, 0.6) is 5.75 Å². The Balaban J connectivity index is 1.80. The van der Waals surface area contributed by atoms with Gasteiger partial charge in [0, 0.05) is 0 Å². The number of carbonyl (C=O) groups is 1. The zero-order chi connectivity index (χ0) is 18.2. The highest BCUT2D eigenvalue weighted by Gasteiger charge is 2.37. The molecule has 6 heteroatoms. The molecule has 0 heterocycles. The molecule has 0 fully saturated rings. The van der Waals surface area contributed by atoms with Gasteiger partial charge in [0.25, 0.3) is 0 Å². The predicted molar refractivity (Wildman–Crippen MR) is 85.6 cm³/mol. The summed E-state index contributed by atoms with van der Waals surface area (Å²) in [5, 5.41) is 9.01. The van der Waals surface area contributed by atoms with Gasteiger partial charge in [-0.2, -0.15) is 13.2 Å². The summed E-state index contributed by atoms with van der Waals surface area (Å²) < 4.78 is 45.1. The standard InChI is InChI=1S/C19H17F3O3/c1-11(18(23)24)12-5-7-13(8-6-12)25-17-10-9-14-15(17)3-2-4-16(14)19(20,21)22/h2-8,11,17H,9-10H2,1H3,(H,23,24)/t11?,17-/m1/s1. The molecule has 0 saturated heterocycles. The van der Waals surface area contributed by atoms with Gasteiger partial charge in [-0.1, -0.05) is 24.3 Å². The first kappa shape index (κ1) is 17.3. The van der Waals surface area contributed by atoms with Crippen molar-refractivity contribution < 1.29 is 27.8 Å². The molecule has 3 nitrogen and oxygen atoms in total. The summed E-state index contributed by atoms with van der Waals surface area (Å²) >= 11 is 0. The normalized spacial score (nSPS) is 17.8. The summed E-state index contributed by atoms with van der Waals surface area (Å²) in [6.45, 7) is 1.59. The molecule has 3 rings (SSSR count). The third-order valence-corrected chi connectivity index (χ3v) is 4.55. The van der Waals surface area contributed by atoms with Gasteiger partial charge in [-0.3, -0.25) is 4.79 Å². The van der Waals surface area contributed by atoms with Crippen LogP contribution >= 0.6 is 0 Å². The minimum atomic E-state index is -4.37. The van der Waals surface area contributed by atoms with Gasteiger partial charge >= 0.3 is 12.1 Å². The van der Waals surface area contributed by atoms with Gasteiger partial charge < -0.3 is 9.84 Å². The molecule has 25 heavy (non-hydrogen) atoms. The SMILES string of the molecule is CC(C(=O)O)c1ccc(O[C@@H]2CCc3c2cccc3C(F)(F)F)cc1. The molecular weight excluding hydrogens is 333 g/mol. The highest BCUT2D eigenvalue weighted by atomic mass is 19.4. The first-order valence-corrected chi connectivity index (χ1v) is 7.96. The van der Waals surface area contributed by atoms with Crippen molar-refractivity contribution in [2.75, 3.05) is 0 Å². The van der Waals surface area contributed by atoms with Crippen molar-refractivity contribution in [1.82, 2.24) is 0 Å². The van der Waals surface area contributed by atoms with E-state index in [1.54, 1.807) is 37.3 Å². The van der Waals surface area contributed by atoms with Crippen LogP contribution < -0.4 is 4.74 Å². The molecule has 1 aliphatic carbocycles. The Morgan fingerprint density at radius 3 is 2.48 bits per heavy atom. The summed E-state index contributed by atoms with van der Waals surface area (Å²) in [5.41, 5.74) is 0.918. The highest BCUT2D eigenvalue weighted by molar-refractivity contribution is 5.75. The molecule has 2 aromatic carbocycles. The highest BCUT2D eigenvalue weighted by Crippen LogP contribution is 2.42. The number of ether oxygens (including phenoxy) is 1. The van der Waals surface area contributed by atoms with Crippen LogP contribution in [-0.4, -0.2) is 11.1 Å². The van der Waals surface area contributed by atoms with Crippen molar-refractivity contribution in [3.63, 3.8) is 0 Å². The molecule has 0 bridgehead atoms. The number of halogens is 3. The van der Waals surface area contributed by atoms with Crippen molar-refractivity contribution in [3.05, 3.63) is 64.7 Å². The van der Waals surface area contributed by atoms with Crippen LogP contribution in [0.25, 0.3) is 0 Å². The van der Waals surface area contributed by atoms with E-state index >= 15 is 0 Å². The fourth-order valence-electron chi connectivity index (χ4n) is 3.15. The molecule has 1 N–H and O–H groups in total. The first-order valence-electron chi connectivity index (χ1n) is 7.96.